The number of guanidine groups is 1. The summed E-state index contributed by atoms with van der Waals surface area (Å²) in [6.07, 6.45) is 0.967. The van der Waals surface area contributed by atoms with Crippen LogP contribution in [0, 0.1) is 0 Å². The number of hydrogen-bond donors (Lipinski definition) is 3. The van der Waals surface area contributed by atoms with E-state index in [1.807, 2.05) is 36.4 Å². The largest absolute Gasteiger partial charge is 0.374 e. The number of ether oxygens (including phenoxy) is 1. The molecule has 1 atom stereocenters. The van der Waals surface area contributed by atoms with Gasteiger partial charge >= 0.3 is 0 Å². The highest BCUT2D eigenvalue weighted by Crippen LogP contribution is 2.15. The quantitative estimate of drug-likeness (QED) is 0.336. The van der Waals surface area contributed by atoms with Crippen molar-refractivity contribution < 1.29 is 9.53 Å². The first-order valence-electron chi connectivity index (χ1n) is 9.65. The molecule has 6 nitrogen and oxygen atoms in total. The van der Waals surface area contributed by atoms with E-state index in [-0.39, 0.29) is 12.0 Å². The second-order valence-electron chi connectivity index (χ2n) is 6.32. The third kappa shape index (κ3) is 7.80. The molecule has 0 bridgehead atoms. The summed E-state index contributed by atoms with van der Waals surface area (Å²) in [5.74, 6) is 0.639. The zero-order valence-electron chi connectivity index (χ0n) is 16.7. The molecule has 0 heterocycles. The summed E-state index contributed by atoms with van der Waals surface area (Å²) in [6, 6.07) is 19.4. The molecule has 150 valence electrons. The van der Waals surface area contributed by atoms with Crippen LogP contribution in [-0.4, -0.2) is 45.2 Å². The average molecular weight is 383 g/mol. The van der Waals surface area contributed by atoms with Crippen LogP contribution in [0.5, 0.6) is 0 Å². The van der Waals surface area contributed by atoms with Gasteiger partial charge in [-0.05, 0) is 31.0 Å². The van der Waals surface area contributed by atoms with Gasteiger partial charge in [-0.3, -0.25) is 9.79 Å². The fourth-order valence-electron chi connectivity index (χ4n) is 2.63. The maximum Gasteiger partial charge on any atom is 0.251 e. The molecule has 3 N–H and O–H groups in total. The van der Waals surface area contributed by atoms with Gasteiger partial charge in [0.15, 0.2) is 5.96 Å². The van der Waals surface area contributed by atoms with Gasteiger partial charge in [0.05, 0.1) is 6.10 Å². The number of aliphatic imine (C=N–C) groups is 1. The Morgan fingerprint density at radius 1 is 0.929 bits per heavy atom. The first kappa shape index (κ1) is 21.4. The zero-order chi connectivity index (χ0) is 20.0. The molecule has 2 rings (SSSR count). The Bertz CT molecular complexity index is 720. The Hall–Kier alpha value is -2.86. The second kappa shape index (κ2) is 12.5. The first-order chi connectivity index (χ1) is 13.7. The average Bonchev–Trinajstić information content (AvgIpc) is 2.75. The maximum atomic E-state index is 12.0. The van der Waals surface area contributed by atoms with Gasteiger partial charge in [0.2, 0.25) is 0 Å². The van der Waals surface area contributed by atoms with Crippen molar-refractivity contribution in [3.05, 3.63) is 71.8 Å². The van der Waals surface area contributed by atoms with Crippen molar-refractivity contribution in [3.63, 3.8) is 0 Å². The predicted octanol–water partition coefficient (Wildman–Crippen LogP) is 2.75. The molecule has 0 saturated carbocycles. The van der Waals surface area contributed by atoms with Gasteiger partial charge in [-0.1, -0.05) is 48.5 Å². The molecule has 0 aliphatic heterocycles. The SMILES string of the molecule is CN=C(NCCCOC(C)c1ccccc1)NCCNC(=O)c1ccccc1. The van der Waals surface area contributed by atoms with Gasteiger partial charge < -0.3 is 20.7 Å². The van der Waals surface area contributed by atoms with Crippen LogP contribution in [0.1, 0.15) is 35.4 Å². The summed E-state index contributed by atoms with van der Waals surface area (Å²) >= 11 is 0. The smallest absolute Gasteiger partial charge is 0.251 e. The Morgan fingerprint density at radius 3 is 2.21 bits per heavy atom. The van der Waals surface area contributed by atoms with E-state index in [9.17, 15) is 4.79 Å². The van der Waals surface area contributed by atoms with Crippen LogP contribution in [0.2, 0.25) is 0 Å². The van der Waals surface area contributed by atoms with E-state index in [1.165, 1.54) is 5.56 Å². The van der Waals surface area contributed by atoms with Crippen LogP contribution in [-0.2, 0) is 4.74 Å². The molecule has 2 aromatic carbocycles. The Labute approximate surface area is 167 Å². The number of nitrogens with zero attached hydrogens (tertiary/aromatic N) is 1. The molecule has 0 aliphatic carbocycles. The molecular weight excluding hydrogens is 352 g/mol. The van der Waals surface area contributed by atoms with E-state index >= 15 is 0 Å². The van der Waals surface area contributed by atoms with E-state index in [0.29, 0.717) is 31.2 Å². The highest BCUT2D eigenvalue weighted by molar-refractivity contribution is 5.94. The molecule has 0 aromatic heterocycles. The lowest BCUT2D eigenvalue weighted by atomic mass is 10.1. The number of hydrogen-bond acceptors (Lipinski definition) is 3. The van der Waals surface area contributed by atoms with Crippen LogP contribution >= 0.6 is 0 Å². The van der Waals surface area contributed by atoms with Crippen molar-refractivity contribution in [1.82, 2.24) is 16.0 Å². The van der Waals surface area contributed by atoms with Crippen LogP contribution in [0.4, 0.5) is 0 Å². The summed E-state index contributed by atoms with van der Waals surface area (Å²) in [5, 5.41) is 9.31. The number of carbonyl (C=O) groups is 1. The molecule has 0 fully saturated rings. The first-order valence-corrected chi connectivity index (χ1v) is 9.65. The van der Waals surface area contributed by atoms with E-state index in [4.69, 9.17) is 4.74 Å². The van der Waals surface area contributed by atoms with E-state index < -0.39 is 0 Å². The third-order valence-corrected chi connectivity index (χ3v) is 4.21. The number of rotatable bonds is 10. The molecule has 0 aliphatic rings. The number of nitrogens with one attached hydrogen (secondary N) is 3. The molecule has 28 heavy (non-hydrogen) atoms. The van der Waals surface area contributed by atoms with Crippen molar-refractivity contribution in [1.29, 1.82) is 0 Å². The number of benzene rings is 2. The van der Waals surface area contributed by atoms with E-state index in [2.05, 4.69) is 40.0 Å². The number of amides is 1. The van der Waals surface area contributed by atoms with Crippen molar-refractivity contribution in [2.24, 2.45) is 4.99 Å². The monoisotopic (exact) mass is 382 g/mol. The van der Waals surface area contributed by atoms with Gasteiger partial charge in [0.1, 0.15) is 0 Å². The molecule has 6 heteroatoms. The minimum atomic E-state index is -0.0740. The van der Waals surface area contributed by atoms with E-state index in [1.54, 1.807) is 19.2 Å². The van der Waals surface area contributed by atoms with Crippen LogP contribution < -0.4 is 16.0 Å². The van der Waals surface area contributed by atoms with Crippen molar-refractivity contribution in [3.8, 4) is 0 Å². The zero-order valence-corrected chi connectivity index (χ0v) is 16.7. The van der Waals surface area contributed by atoms with E-state index in [0.717, 1.165) is 13.0 Å². The normalized spacial score (nSPS) is 12.3. The molecule has 0 saturated heterocycles. The third-order valence-electron chi connectivity index (χ3n) is 4.21. The minimum Gasteiger partial charge on any atom is -0.374 e. The van der Waals surface area contributed by atoms with Crippen molar-refractivity contribution in [2.75, 3.05) is 33.3 Å². The molecule has 1 amide bonds. The molecule has 0 radical (unpaired) electrons. The fourth-order valence-corrected chi connectivity index (χ4v) is 2.63. The van der Waals surface area contributed by atoms with Gasteiger partial charge in [-0.2, -0.15) is 0 Å². The highest BCUT2D eigenvalue weighted by Gasteiger charge is 2.05. The predicted molar refractivity (Wildman–Crippen MR) is 114 cm³/mol. The van der Waals surface area contributed by atoms with Gasteiger partial charge in [0, 0.05) is 38.9 Å². The van der Waals surface area contributed by atoms with Crippen molar-refractivity contribution >= 4 is 11.9 Å². The number of carbonyl (C=O) groups excluding carboxylic acids is 1. The van der Waals surface area contributed by atoms with Gasteiger partial charge in [-0.15, -0.1) is 0 Å². The van der Waals surface area contributed by atoms with Crippen LogP contribution in [0.25, 0.3) is 0 Å². The molecule has 0 spiro atoms. The summed E-state index contributed by atoms with van der Waals surface area (Å²) in [4.78, 5) is 16.1. The van der Waals surface area contributed by atoms with Crippen LogP contribution in [0.15, 0.2) is 65.7 Å². The summed E-state index contributed by atoms with van der Waals surface area (Å²) in [5.41, 5.74) is 1.85. The van der Waals surface area contributed by atoms with Gasteiger partial charge in [-0.25, -0.2) is 0 Å². The van der Waals surface area contributed by atoms with Crippen molar-refractivity contribution in [2.45, 2.75) is 19.4 Å². The standard InChI is InChI=1S/C22H30N4O2/c1-18(19-10-5-3-6-11-19)28-17-9-14-25-22(23-2)26-16-15-24-21(27)20-12-7-4-8-13-20/h3-8,10-13,18H,9,14-17H2,1-2H3,(H,24,27)(H2,23,25,26). The topological polar surface area (TPSA) is 74.8 Å². The molecule has 1 unspecified atom stereocenters. The second-order valence-corrected chi connectivity index (χ2v) is 6.32. The Kier molecular flexibility index (Phi) is 9.58. The Morgan fingerprint density at radius 2 is 1.54 bits per heavy atom. The fraction of sp³-hybridized carbons (Fsp3) is 0.364. The highest BCUT2D eigenvalue weighted by atomic mass is 16.5. The molecular formula is C22H30N4O2. The maximum absolute atomic E-state index is 12.0. The summed E-state index contributed by atoms with van der Waals surface area (Å²) in [6.45, 7) is 4.61. The van der Waals surface area contributed by atoms with Gasteiger partial charge in [0.25, 0.3) is 5.91 Å². The lowest BCUT2D eigenvalue weighted by Gasteiger charge is -2.15. The lowest BCUT2D eigenvalue weighted by molar-refractivity contribution is 0.0646. The molecule has 2 aromatic rings. The summed E-state index contributed by atoms with van der Waals surface area (Å²) in [7, 11) is 1.73. The minimum absolute atomic E-state index is 0.0740. The Balaban J connectivity index is 1.54. The van der Waals surface area contributed by atoms with Crippen LogP contribution in [0.3, 0.4) is 0 Å². The summed E-state index contributed by atoms with van der Waals surface area (Å²) < 4.78 is 5.86. The lowest BCUT2D eigenvalue weighted by Crippen LogP contribution is -2.42.